The van der Waals surface area contributed by atoms with Gasteiger partial charge in [-0.15, -0.1) is 0 Å². The summed E-state index contributed by atoms with van der Waals surface area (Å²) in [5.41, 5.74) is 1.74. The summed E-state index contributed by atoms with van der Waals surface area (Å²) >= 11 is 5.74. The standard InChI is InChI=1S/C16H15ClFNO4/c17-12-3-1-2-11(14(12)18)13(6-20)19-16(21)15-10-4-5-22-7-9(10)8-23-15/h1-3,8,13,20H,4-7H2,(H,19,21)/t13-/m0/s1. The first kappa shape index (κ1) is 16.0. The van der Waals surface area contributed by atoms with E-state index < -0.39 is 24.4 Å². The molecule has 0 bridgehead atoms. The van der Waals surface area contributed by atoms with Crippen LogP contribution in [-0.2, 0) is 17.8 Å². The molecule has 2 heterocycles. The Morgan fingerprint density at radius 3 is 3.09 bits per heavy atom. The van der Waals surface area contributed by atoms with Gasteiger partial charge in [0.25, 0.3) is 5.91 Å². The van der Waals surface area contributed by atoms with Crippen LogP contribution in [0.25, 0.3) is 0 Å². The molecule has 2 N–H and O–H groups in total. The summed E-state index contributed by atoms with van der Waals surface area (Å²) in [4.78, 5) is 12.4. The number of hydrogen-bond acceptors (Lipinski definition) is 4. The van der Waals surface area contributed by atoms with Crippen molar-refractivity contribution in [1.82, 2.24) is 5.32 Å². The minimum atomic E-state index is -0.915. The Kier molecular flexibility index (Phi) is 4.66. The number of aliphatic hydroxyl groups is 1. The number of aliphatic hydroxyl groups excluding tert-OH is 1. The molecule has 1 aromatic heterocycles. The largest absolute Gasteiger partial charge is 0.459 e. The zero-order valence-corrected chi connectivity index (χ0v) is 12.9. The van der Waals surface area contributed by atoms with Crippen molar-refractivity contribution in [2.75, 3.05) is 13.2 Å². The number of benzene rings is 1. The van der Waals surface area contributed by atoms with Crippen LogP contribution in [0.2, 0.25) is 5.02 Å². The van der Waals surface area contributed by atoms with Crippen LogP contribution in [0.5, 0.6) is 0 Å². The average molecular weight is 340 g/mol. The van der Waals surface area contributed by atoms with Gasteiger partial charge in [0.1, 0.15) is 5.82 Å². The van der Waals surface area contributed by atoms with Crippen LogP contribution in [0.15, 0.2) is 28.9 Å². The summed E-state index contributed by atoms with van der Waals surface area (Å²) in [7, 11) is 0. The van der Waals surface area contributed by atoms with Gasteiger partial charge in [0.15, 0.2) is 5.76 Å². The fourth-order valence-corrected chi connectivity index (χ4v) is 2.78. The van der Waals surface area contributed by atoms with Crippen molar-refractivity contribution in [3.8, 4) is 0 Å². The molecule has 0 saturated carbocycles. The molecule has 1 aromatic carbocycles. The molecular formula is C16H15ClFNO4. The van der Waals surface area contributed by atoms with E-state index in [4.69, 9.17) is 20.8 Å². The van der Waals surface area contributed by atoms with Crippen molar-refractivity contribution >= 4 is 17.5 Å². The predicted octanol–water partition coefficient (Wildman–Crippen LogP) is 2.61. The topological polar surface area (TPSA) is 71.7 Å². The SMILES string of the molecule is O=C(N[C@@H](CO)c1cccc(Cl)c1F)c1occ2c1CCOC2. The number of nitrogens with one attached hydrogen (secondary N) is 1. The maximum Gasteiger partial charge on any atom is 0.287 e. The second-order valence-corrected chi connectivity index (χ2v) is 5.63. The number of amides is 1. The molecule has 23 heavy (non-hydrogen) atoms. The number of carbonyl (C=O) groups is 1. The molecule has 1 aliphatic rings. The zero-order chi connectivity index (χ0) is 16.4. The van der Waals surface area contributed by atoms with Crippen molar-refractivity contribution < 1.29 is 23.4 Å². The summed E-state index contributed by atoms with van der Waals surface area (Å²) in [6.45, 7) is 0.451. The predicted molar refractivity (Wildman–Crippen MR) is 80.8 cm³/mol. The van der Waals surface area contributed by atoms with E-state index in [0.717, 1.165) is 11.1 Å². The van der Waals surface area contributed by atoms with Gasteiger partial charge in [-0.1, -0.05) is 23.7 Å². The van der Waals surface area contributed by atoms with E-state index in [-0.39, 0.29) is 16.3 Å². The van der Waals surface area contributed by atoms with E-state index >= 15 is 0 Å². The first-order chi connectivity index (χ1) is 11.1. The lowest BCUT2D eigenvalue weighted by atomic mass is 10.0. The molecule has 0 radical (unpaired) electrons. The van der Waals surface area contributed by atoms with Gasteiger partial charge in [-0.2, -0.15) is 0 Å². The van der Waals surface area contributed by atoms with Crippen molar-refractivity contribution in [2.45, 2.75) is 19.1 Å². The molecule has 1 atom stereocenters. The Hall–Kier alpha value is -1.89. The lowest BCUT2D eigenvalue weighted by Crippen LogP contribution is -2.32. The van der Waals surface area contributed by atoms with Crippen molar-refractivity contribution in [3.63, 3.8) is 0 Å². The van der Waals surface area contributed by atoms with E-state index in [0.29, 0.717) is 19.6 Å². The highest BCUT2D eigenvalue weighted by Gasteiger charge is 2.26. The number of hydrogen-bond donors (Lipinski definition) is 2. The number of halogens is 2. The molecule has 5 nitrogen and oxygen atoms in total. The lowest BCUT2D eigenvalue weighted by molar-refractivity contribution is 0.0881. The molecule has 0 saturated heterocycles. The molecular weight excluding hydrogens is 325 g/mol. The van der Waals surface area contributed by atoms with Gasteiger partial charge < -0.3 is 19.6 Å². The first-order valence-corrected chi connectivity index (χ1v) is 7.52. The van der Waals surface area contributed by atoms with Gasteiger partial charge in [0.05, 0.1) is 37.1 Å². The quantitative estimate of drug-likeness (QED) is 0.898. The number of ether oxygens (including phenoxy) is 1. The summed E-state index contributed by atoms with van der Waals surface area (Å²) in [6.07, 6.45) is 2.06. The van der Waals surface area contributed by atoms with Gasteiger partial charge in [-0.3, -0.25) is 4.79 Å². The summed E-state index contributed by atoms with van der Waals surface area (Å²) in [5, 5.41) is 12.0. The van der Waals surface area contributed by atoms with Crippen LogP contribution < -0.4 is 5.32 Å². The molecule has 2 aromatic rings. The van der Waals surface area contributed by atoms with Gasteiger partial charge in [0, 0.05) is 23.1 Å². The molecule has 0 fully saturated rings. The third-order valence-electron chi connectivity index (χ3n) is 3.79. The molecule has 0 unspecified atom stereocenters. The van der Waals surface area contributed by atoms with Crippen molar-refractivity contribution in [3.05, 3.63) is 57.8 Å². The highest BCUT2D eigenvalue weighted by molar-refractivity contribution is 6.30. The Bertz CT molecular complexity index is 731. The monoisotopic (exact) mass is 339 g/mol. The Morgan fingerprint density at radius 2 is 2.30 bits per heavy atom. The summed E-state index contributed by atoms with van der Waals surface area (Å²) in [5.74, 6) is -1.00. The summed E-state index contributed by atoms with van der Waals surface area (Å²) in [6, 6.07) is 3.51. The molecule has 1 aliphatic heterocycles. The number of rotatable bonds is 4. The Morgan fingerprint density at radius 1 is 1.48 bits per heavy atom. The second kappa shape index (κ2) is 6.70. The van der Waals surface area contributed by atoms with E-state index in [9.17, 15) is 14.3 Å². The zero-order valence-electron chi connectivity index (χ0n) is 12.1. The van der Waals surface area contributed by atoms with E-state index in [1.165, 1.54) is 18.4 Å². The average Bonchev–Trinajstić information content (AvgIpc) is 2.99. The maximum absolute atomic E-state index is 14.1. The van der Waals surface area contributed by atoms with Crippen LogP contribution >= 0.6 is 11.6 Å². The van der Waals surface area contributed by atoms with E-state index in [2.05, 4.69) is 5.32 Å². The summed E-state index contributed by atoms with van der Waals surface area (Å²) < 4.78 is 24.7. The molecule has 122 valence electrons. The fourth-order valence-electron chi connectivity index (χ4n) is 2.60. The smallest absolute Gasteiger partial charge is 0.287 e. The highest BCUT2D eigenvalue weighted by atomic mass is 35.5. The minimum Gasteiger partial charge on any atom is -0.459 e. The van der Waals surface area contributed by atoms with E-state index in [1.807, 2.05) is 0 Å². The first-order valence-electron chi connectivity index (χ1n) is 7.14. The van der Waals surface area contributed by atoms with Gasteiger partial charge >= 0.3 is 0 Å². The molecule has 7 heteroatoms. The van der Waals surface area contributed by atoms with Crippen LogP contribution in [0.1, 0.15) is 33.3 Å². The van der Waals surface area contributed by atoms with Crippen LogP contribution in [0.4, 0.5) is 4.39 Å². The van der Waals surface area contributed by atoms with Crippen LogP contribution in [0.3, 0.4) is 0 Å². The fraction of sp³-hybridized carbons (Fsp3) is 0.312. The lowest BCUT2D eigenvalue weighted by Gasteiger charge is -2.18. The highest BCUT2D eigenvalue weighted by Crippen LogP contribution is 2.26. The van der Waals surface area contributed by atoms with Crippen LogP contribution in [0, 0.1) is 5.82 Å². The normalized spacial score (nSPS) is 15.1. The van der Waals surface area contributed by atoms with Crippen molar-refractivity contribution in [2.24, 2.45) is 0 Å². The number of furan rings is 1. The molecule has 0 spiro atoms. The Balaban J connectivity index is 1.83. The second-order valence-electron chi connectivity index (χ2n) is 5.22. The van der Waals surface area contributed by atoms with Crippen LogP contribution in [-0.4, -0.2) is 24.2 Å². The van der Waals surface area contributed by atoms with E-state index in [1.54, 1.807) is 6.07 Å². The number of fused-ring (bicyclic) bond motifs is 1. The maximum atomic E-state index is 14.1. The minimum absolute atomic E-state index is 0.0669. The van der Waals surface area contributed by atoms with Gasteiger partial charge in [-0.25, -0.2) is 4.39 Å². The van der Waals surface area contributed by atoms with Crippen molar-refractivity contribution in [1.29, 1.82) is 0 Å². The Labute approximate surface area is 137 Å². The number of carbonyl (C=O) groups excluding carboxylic acids is 1. The molecule has 1 amide bonds. The molecule has 0 aliphatic carbocycles. The van der Waals surface area contributed by atoms with Gasteiger partial charge in [-0.05, 0) is 6.07 Å². The van der Waals surface area contributed by atoms with Gasteiger partial charge in [0.2, 0.25) is 0 Å². The third-order valence-corrected chi connectivity index (χ3v) is 4.08. The molecule has 3 rings (SSSR count). The third kappa shape index (κ3) is 3.10.